The molecule has 0 N–H and O–H groups in total. The summed E-state index contributed by atoms with van der Waals surface area (Å²) in [6.07, 6.45) is 1.20. The molecule has 0 aliphatic rings. The summed E-state index contributed by atoms with van der Waals surface area (Å²) < 4.78 is 40.1. The van der Waals surface area contributed by atoms with Crippen LogP contribution in [-0.4, -0.2) is 24.4 Å². The Labute approximate surface area is 133 Å². The number of para-hydroxylation sites is 1. The Morgan fingerprint density at radius 3 is 2.45 bits per heavy atom. The first-order valence-electron chi connectivity index (χ1n) is 7.04. The highest BCUT2D eigenvalue weighted by molar-refractivity contribution is 7.92. The molecule has 1 aromatic heterocycles. The number of aromatic nitrogens is 2. The van der Waals surface area contributed by atoms with Gasteiger partial charge in [0, 0.05) is 0 Å². The SMILES string of the molecule is CCCS(=O)(=O)N(Cc1nnc(CC)s1)c1ccccc1F. The van der Waals surface area contributed by atoms with E-state index in [1.807, 2.05) is 6.92 Å². The second-order valence-electron chi connectivity index (χ2n) is 4.72. The molecular formula is C14H18FN3O2S2. The summed E-state index contributed by atoms with van der Waals surface area (Å²) in [6.45, 7) is 3.73. The van der Waals surface area contributed by atoms with Gasteiger partial charge in [-0.15, -0.1) is 10.2 Å². The molecular weight excluding hydrogens is 325 g/mol. The third kappa shape index (κ3) is 3.80. The lowest BCUT2D eigenvalue weighted by atomic mass is 10.3. The van der Waals surface area contributed by atoms with E-state index in [-0.39, 0.29) is 18.0 Å². The number of aryl methyl sites for hydroxylation is 1. The molecule has 1 heterocycles. The van der Waals surface area contributed by atoms with Crippen LogP contribution in [0.3, 0.4) is 0 Å². The molecule has 1 aromatic carbocycles. The molecule has 0 aliphatic heterocycles. The molecule has 120 valence electrons. The Bertz CT molecular complexity index is 731. The highest BCUT2D eigenvalue weighted by atomic mass is 32.2. The minimum Gasteiger partial charge on any atom is -0.260 e. The van der Waals surface area contributed by atoms with Gasteiger partial charge in [0.1, 0.15) is 15.8 Å². The van der Waals surface area contributed by atoms with Crippen molar-refractivity contribution in [3.63, 3.8) is 0 Å². The average Bonchev–Trinajstić information content (AvgIpc) is 2.93. The predicted molar refractivity (Wildman–Crippen MR) is 85.9 cm³/mol. The number of anilines is 1. The number of benzene rings is 1. The van der Waals surface area contributed by atoms with Crippen molar-refractivity contribution in [1.82, 2.24) is 10.2 Å². The number of halogens is 1. The highest BCUT2D eigenvalue weighted by Crippen LogP contribution is 2.25. The zero-order valence-corrected chi connectivity index (χ0v) is 14.1. The van der Waals surface area contributed by atoms with Crippen molar-refractivity contribution in [2.45, 2.75) is 33.2 Å². The lowest BCUT2D eigenvalue weighted by Crippen LogP contribution is -2.33. The molecule has 0 aliphatic carbocycles. The van der Waals surface area contributed by atoms with Gasteiger partial charge in [-0.2, -0.15) is 0 Å². The molecule has 0 bridgehead atoms. The zero-order chi connectivity index (χ0) is 16.2. The van der Waals surface area contributed by atoms with Gasteiger partial charge in [-0.25, -0.2) is 12.8 Å². The lowest BCUT2D eigenvalue weighted by molar-refractivity contribution is 0.583. The van der Waals surface area contributed by atoms with E-state index in [0.29, 0.717) is 11.4 Å². The Hall–Kier alpha value is -1.54. The van der Waals surface area contributed by atoms with Gasteiger partial charge >= 0.3 is 0 Å². The first-order valence-corrected chi connectivity index (χ1v) is 9.46. The van der Waals surface area contributed by atoms with Crippen LogP contribution in [0.15, 0.2) is 24.3 Å². The van der Waals surface area contributed by atoms with Crippen LogP contribution in [0.25, 0.3) is 0 Å². The van der Waals surface area contributed by atoms with Crippen molar-refractivity contribution in [1.29, 1.82) is 0 Å². The Kier molecular flexibility index (Phi) is 5.47. The van der Waals surface area contributed by atoms with Gasteiger partial charge in [-0.1, -0.05) is 37.3 Å². The number of rotatable bonds is 7. The monoisotopic (exact) mass is 343 g/mol. The maximum absolute atomic E-state index is 14.0. The Morgan fingerprint density at radius 1 is 1.18 bits per heavy atom. The summed E-state index contributed by atoms with van der Waals surface area (Å²) in [4.78, 5) is 0. The predicted octanol–water partition coefficient (Wildman–Crippen LogP) is 2.99. The molecule has 0 saturated heterocycles. The van der Waals surface area contributed by atoms with Crippen molar-refractivity contribution in [3.8, 4) is 0 Å². The summed E-state index contributed by atoms with van der Waals surface area (Å²) in [6, 6.07) is 5.86. The summed E-state index contributed by atoms with van der Waals surface area (Å²) in [5.74, 6) is -0.608. The quantitative estimate of drug-likeness (QED) is 0.775. The van der Waals surface area contributed by atoms with Crippen LogP contribution in [0.4, 0.5) is 10.1 Å². The molecule has 0 fully saturated rings. The molecule has 0 radical (unpaired) electrons. The van der Waals surface area contributed by atoms with Gasteiger partial charge in [0.25, 0.3) is 0 Å². The van der Waals surface area contributed by atoms with E-state index in [1.165, 1.54) is 29.5 Å². The van der Waals surface area contributed by atoms with E-state index in [0.717, 1.165) is 15.7 Å². The molecule has 0 unspecified atom stereocenters. The van der Waals surface area contributed by atoms with Crippen LogP contribution in [0.2, 0.25) is 0 Å². The average molecular weight is 343 g/mol. The molecule has 8 heteroatoms. The largest absolute Gasteiger partial charge is 0.260 e. The number of nitrogens with zero attached hydrogens (tertiary/aromatic N) is 3. The summed E-state index contributed by atoms with van der Waals surface area (Å²) in [5, 5.41) is 9.37. The maximum atomic E-state index is 14.0. The minimum atomic E-state index is -3.61. The minimum absolute atomic E-state index is 0.000926. The topological polar surface area (TPSA) is 63.2 Å². The Morgan fingerprint density at radius 2 is 1.86 bits per heavy atom. The first-order chi connectivity index (χ1) is 10.5. The Balaban J connectivity index is 2.40. The molecule has 2 aromatic rings. The molecule has 0 amide bonds. The van der Waals surface area contributed by atoms with Crippen LogP contribution in [-0.2, 0) is 23.0 Å². The first kappa shape index (κ1) is 16.8. The van der Waals surface area contributed by atoms with Crippen LogP contribution in [0.5, 0.6) is 0 Å². The molecule has 0 atom stereocenters. The fraction of sp³-hybridized carbons (Fsp3) is 0.429. The fourth-order valence-electron chi connectivity index (χ4n) is 1.97. The van der Waals surface area contributed by atoms with Gasteiger partial charge in [-0.3, -0.25) is 4.31 Å². The standard InChI is InChI=1S/C14H18FN3O2S2/c1-3-9-22(19,20)18(12-8-6-5-7-11(12)15)10-14-17-16-13(4-2)21-14/h5-8H,3-4,9-10H2,1-2H3. The second kappa shape index (κ2) is 7.15. The van der Waals surface area contributed by atoms with Crippen LogP contribution < -0.4 is 4.31 Å². The van der Waals surface area contributed by atoms with Crippen molar-refractivity contribution < 1.29 is 12.8 Å². The molecule has 2 rings (SSSR count). The summed E-state index contributed by atoms with van der Waals surface area (Å²) in [7, 11) is -3.61. The third-order valence-electron chi connectivity index (χ3n) is 3.01. The molecule has 5 nitrogen and oxygen atoms in total. The van der Waals surface area contributed by atoms with E-state index >= 15 is 0 Å². The molecule has 22 heavy (non-hydrogen) atoms. The molecule has 0 spiro atoms. The highest BCUT2D eigenvalue weighted by Gasteiger charge is 2.25. The molecule has 0 saturated carbocycles. The van der Waals surface area contributed by atoms with Crippen molar-refractivity contribution in [2.24, 2.45) is 0 Å². The van der Waals surface area contributed by atoms with Gasteiger partial charge in [0.05, 0.1) is 18.0 Å². The second-order valence-corrected chi connectivity index (χ2v) is 7.88. The van der Waals surface area contributed by atoms with Crippen molar-refractivity contribution in [2.75, 3.05) is 10.1 Å². The van der Waals surface area contributed by atoms with Crippen LogP contribution >= 0.6 is 11.3 Å². The van der Waals surface area contributed by atoms with E-state index in [4.69, 9.17) is 0 Å². The van der Waals surface area contributed by atoms with Gasteiger partial charge in [0.2, 0.25) is 10.0 Å². The van der Waals surface area contributed by atoms with E-state index < -0.39 is 15.8 Å². The van der Waals surface area contributed by atoms with Crippen LogP contribution in [0, 0.1) is 5.82 Å². The normalized spacial score (nSPS) is 11.6. The van der Waals surface area contributed by atoms with Gasteiger partial charge in [-0.05, 0) is 25.0 Å². The van der Waals surface area contributed by atoms with Crippen molar-refractivity contribution in [3.05, 3.63) is 40.1 Å². The number of hydrogen-bond donors (Lipinski definition) is 0. The fourth-order valence-corrected chi connectivity index (χ4v) is 4.33. The zero-order valence-electron chi connectivity index (χ0n) is 12.5. The summed E-state index contributed by atoms with van der Waals surface area (Å²) in [5.41, 5.74) is 0.0456. The van der Waals surface area contributed by atoms with Crippen molar-refractivity contribution >= 4 is 27.0 Å². The third-order valence-corrected chi connectivity index (χ3v) is 5.98. The smallest absolute Gasteiger partial charge is 0.235 e. The van der Waals surface area contributed by atoms with Gasteiger partial charge in [0.15, 0.2) is 0 Å². The van der Waals surface area contributed by atoms with Gasteiger partial charge < -0.3 is 0 Å². The lowest BCUT2D eigenvalue weighted by Gasteiger charge is -2.23. The van der Waals surface area contributed by atoms with E-state index in [2.05, 4.69) is 10.2 Å². The maximum Gasteiger partial charge on any atom is 0.235 e. The van der Waals surface area contributed by atoms with E-state index in [1.54, 1.807) is 13.0 Å². The summed E-state index contributed by atoms with van der Waals surface area (Å²) >= 11 is 1.35. The van der Waals surface area contributed by atoms with Crippen LogP contribution in [0.1, 0.15) is 30.3 Å². The number of hydrogen-bond acceptors (Lipinski definition) is 5. The number of sulfonamides is 1. The van der Waals surface area contributed by atoms with E-state index in [9.17, 15) is 12.8 Å².